The Kier molecular flexibility index (Phi) is 7.97. The first-order valence-electron chi connectivity index (χ1n) is 21.8. The van der Waals surface area contributed by atoms with Gasteiger partial charge in [-0.1, -0.05) is 153 Å². The summed E-state index contributed by atoms with van der Waals surface area (Å²) in [4.78, 5) is 12.8. The van der Waals surface area contributed by atoms with E-state index >= 15 is 0 Å². The fourth-order valence-corrected chi connectivity index (χ4v) is 10.7. The molecular formula is C59H39ClN4. The minimum Gasteiger partial charge on any atom is -0.354 e. The molecule has 4 nitrogen and oxygen atoms in total. The number of nitrogens with one attached hydrogen (secondary N) is 1. The number of halogens is 1. The monoisotopic (exact) mass is 838 g/mol. The predicted molar refractivity (Wildman–Crippen MR) is 268 cm³/mol. The first kappa shape index (κ1) is 36.8. The van der Waals surface area contributed by atoms with Crippen LogP contribution in [0.4, 0.5) is 0 Å². The lowest BCUT2D eigenvalue weighted by Crippen LogP contribution is -2.15. The third kappa shape index (κ3) is 5.56. The van der Waals surface area contributed by atoms with Crippen LogP contribution < -0.4 is 0 Å². The van der Waals surface area contributed by atoms with Crippen LogP contribution in [0.1, 0.15) is 25.0 Å². The molecule has 0 spiro atoms. The molecule has 1 N–H and O–H groups in total. The Labute approximate surface area is 375 Å². The molecule has 64 heavy (non-hydrogen) atoms. The van der Waals surface area contributed by atoms with E-state index in [-0.39, 0.29) is 10.7 Å². The van der Waals surface area contributed by atoms with Gasteiger partial charge in [-0.25, -0.2) is 9.97 Å². The lowest BCUT2D eigenvalue weighted by Gasteiger charge is -2.22. The molecule has 0 aliphatic heterocycles. The van der Waals surface area contributed by atoms with Crippen LogP contribution in [0.5, 0.6) is 0 Å². The quantitative estimate of drug-likeness (QED) is 0.176. The van der Waals surface area contributed by atoms with Gasteiger partial charge in [0.15, 0.2) is 0 Å². The molecular weight excluding hydrogens is 800 g/mol. The third-order valence-corrected chi connectivity index (χ3v) is 13.9. The topological polar surface area (TPSA) is 46.5 Å². The van der Waals surface area contributed by atoms with Crippen molar-refractivity contribution in [2.45, 2.75) is 19.3 Å². The largest absolute Gasteiger partial charge is 0.354 e. The lowest BCUT2D eigenvalue weighted by atomic mass is 9.81. The van der Waals surface area contributed by atoms with Crippen LogP contribution in [-0.2, 0) is 5.41 Å². The van der Waals surface area contributed by atoms with Crippen molar-refractivity contribution in [3.8, 4) is 61.5 Å². The number of H-pyrrole nitrogens is 1. The number of rotatable bonds is 5. The van der Waals surface area contributed by atoms with Crippen LogP contribution in [-0.4, -0.2) is 19.5 Å². The fourth-order valence-electron chi connectivity index (χ4n) is 10.6. The Morgan fingerprint density at radius 1 is 0.438 bits per heavy atom. The number of nitrogens with zero attached hydrogens (tertiary/aromatic N) is 3. The van der Waals surface area contributed by atoms with Gasteiger partial charge in [0.05, 0.1) is 27.8 Å². The van der Waals surface area contributed by atoms with Gasteiger partial charge in [-0.15, -0.1) is 0 Å². The number of aromatic amines is 1. The zero-order valence-corrected chi connectivity index (χ0v) is 36.0. The van der Waals surface area contributed by atoms with E-state index in [2.05, 4.69) is 203 Å². The maximum Gasteiger partial charge on any atom is 0.223 e. The Balaban J connectivity index is 0.840. The van der Waals surface area contributed by atoms with Gasteiger partial charge in [0.25, 0.3) is 0 Å². The summed E-state index contributed by atoms with van der Waals surface area (Å²) in [6.07, 6.45) is 0. The van der Waals surface area contributed by atoms with Crippen molar-refractivity contribution >= 4 is 66.1 Å². The average Bonchev–Trinajstić information content (AvgIpc) is 3.96. The van der Waals surface area contributed by atoms with E-state index in [1.807, 2.05) is 24.3 Å². The number of hydrogen-bond acceptors (Lipinski definition) is 2. The van der Waals surface area contributed by atoms with Gasteiger partial charge < -0.3 is 9.55 Å². The van der Waals surface area contributed by atoms with Crippen molar-refractivity contribution in [3.05, 3.63) is 211 Å². The van der Waals surface area contributed by atoms with Gasteiger partial charge in [-0.05, 0) is 116 Å². The van der Waals surface area contributed by atoms with Crippen LogP contribution in [0.25, 0.3) is 116 Å². The van der Waals surface area contributed by atoms with E-state index in [0.717, 1.165) is 44.4 Å². The molecule has 9 aromatic carbocycles. The molecule has 0 fully saturated rings. The zero-order chi connectivity index (χ0) is 42.7. The van der Waals surface area contributed by atoms with Crippen LogP contribution in [0.2, 0.25) is 5.28 Å². The highest BCUT2D eigenvalue weighted by atomic mass is 35.5. The van der Waals surface area contributed by atoms with Gasteiger partial charge in [-0.2, -0.15) is 0 Å². The zero-order valence-electron chi connectivity index (χ0n) is 35.2. The van der Waals surface area contributed by atoms with Gasteiger partial charge in [-0.3, -0.25) is 0 Å². The predicted octanol–water partition coefficient (Wildman–Crippen LogP) is 16.0. The summed E-state index contributed by atoms with van der Waals surface area (Å²) in [6, 6.07) is 70.5. The van der Waals surface area contributed by atoms with Gasteiger partial charge in [0.1, 0.15) is 0 Å². The highest BCUT2D eigenvalue weighted by Gasteiger charge is 2.36. The smallest absolute Gasteiger partial charge is 0.223 e. The summed E-state index contributed by atoms with van der Waals surface area (Å²) in [5.41, 5.74) is 20.8. The summed E-state index contributed by atoms with van der Waals surface area (Å²) >= 11 is 6.34. The molecule has 0 amide bonds. The molecule has 0 radical (unpaired) electrons. The lowest BCUT2D eigenvalue weighted by molar-refractivity contribution is 0.660. The van der Waals surface area contributed by atoms with Gasteiger partial charge in [0.2, 0.25) is 5.28 Å². The van der Waals surface area contributed by atoms with E-state index in [9.17, 15) is 0 Å². The van der Waals surface area contributed by atoms with Crippen molar-refractivity contribution in [1.29, 1.82) is 0 Å². The van der Waals surface area contributed by atoms with Gasteiger partial charge in [0, 0.05) is 54.7 Å². The summed E-state index contributed by atoms with van der Waals surface area (Å²) in [5, 5.41) is 6.21. The van der Waals surface area contributed by atoms with E-state index in [1.165, 1.54) is 82.6 Å². The number of para-hydroxylation sites is 4. The summed E-state index contributed by atoms with van der Waals surface area (Å²) < 4.78 is 2.39. The molecule has 1 aliphatic carbocycles. The molecule has 5 heteroatoms. The highest BCUT2D eigenvalue weighted by molar-refractivity contribution is 6.29. The Morgan fingerprint density at radius 3 is 1.89 bits per heavy atom. The van der Waals surface area contributed by atoms with Crippen LogP contribution in [0, 0.1) is 0 Å². The minimum atomic E-state index is -0.149. The molecule has 0 saturated heterocycles. The SMILES string of the molecule is CC1(C)c2ccc(-c3cccc(-c4cccc5c4[nH]c4ccc(-n6c7ccccc7c7ccccc76)cc45)c3)cc2-c2ccc(-c3ccc(-c4nc(Cl)nc5ccccc45)cc3)cc21. The second kappa shape index (κ2) is 13.9. The Morgan fingerprint density at radius 2 is 1.08 bits per heavy atom. The van der Waals surface area contributed by atoms with Crippen LogP contribution in [0.15, 0.2) is 194 Å². The second-order valence-electron chi connectivity index (χ2n) is 17.6. The maximum absolute atomic E-state index is 6.34. The summed E-state index contributed by atoms with van der Waals surface area (Å²) in [7, 11) is 0. The maximum atomic E-state index is 6.34. The highest BCUT2D eigenvalue weighted by Crippen LogP contribution is 2.51. The van der Waals surface area contributed by atoms with Crippen molar-refractivity contribution in [1.82, 2.24) is 19.5 Å². The van der Waals surface area contributed by atoms with Crippen LogP contribution >= 0.6 is 11.6 Å². The molecule has 0 saturated carbocycles. The minimum absolute atomic E-state index is 0.149. The number of fused-ring (bicyclic) bond motifs is 10. The average molecular weight is 839 g/mol. The molecule has 1 aliphatic rings. The molecule has 0 atom stereocenters. The van der Waals surface area contributed by atoms with E-state index in [0.29, 0.717) is 0 Å². The number of benzene rings is 9. The van der Waals surface area contributed by atoms with Crippen molar-refractivity contribution < 1.29 is 0 Å². The fraction of sp³-hybridized carbons (Fsp3) is 0.0508. The molecule has 12 aromatic rings. The third-order valence-electron chi connectivity index (χ3n) is 13.7. The van der Waals surface area contributed by atoms with Crippen molar-refractivity contribution in [2.75, 3.05) is 0 Å². The molecule has 302 valence electrons. The van der Waals surface area contributed by atoms with E-state index in [4.69, 9.17) is 11.6 Å². The van der Waals surface area contributed by atoms with Crippen LogP contribution in [0.3, 0.4) is 0 Å². The van der Waals surface area contributed by atoms with E-state index < -0.39 is 0 Å². The first-order chi connectivity index (χ1) is 31.4. The van der Waals surface area contributed by atoms with Crippen molar-refractivity contribution in [3.63, 3.8) is 0 Å². The first-order valence-corrected chi connectivity index (χ1v) is 22.2. The van der Waals surface area contributed by atoms with E-state index in [1.54, 1.807) is 0 Å². The summed E-state index contributed by atoms with van der Waals surface area (Å²) in [5.74, 6) is 0. The molecule has 3 heterocycles. The van der Waals surface area contributed by atoms with Crippen molar-refractivity contribution in [2.24, 2.45) is 0 Å². The second-order valence-corrected chi connectivity index (χ2v) is 18.0. The Bertz CT molecular complexity index is 3840. The molecule has 0 unspecified atom stereocenters. The normalized spacial score (nSPS) is 13.0. The summed E-state index contributed by atoms with van der Waals surface area (Å²) in [6.45, 7) is 4.70. The molecule has 3 aromatic heterocycles. The number of hydrogen-bond donors (Lipinski definition) is 1. The number of aromatic nitrogens is 4. The standard InChI is InChI=1S/C59H39ClN4/c1-59(2)50-29-26-38(32-48(50)43-28-25-39(33-51(43)59)35-21-23-36(24-22-35)56-47-15-3-6-18-52(47)62-58(60)63-56)37-11-9-12-40(31-37)42-16-10-17-46-49-34-41(27-30-53(49)61-57(42)46)64-54-19-7-4-13-44(54)45-14-5-8-20-55(45)64/h3-34,61H,1-2H3. The van der Waals surface area contributed by atoms with Gasteiger partial charge >= 0.3 is 0 Å². The molecule has 13 rings (SSSR count). The molecule has 0 bridgehead atoms. The Hall–Kier alpha value is -7.79.